The highest BCUT2D eigenvalue weighted by atomic mass is 16.1. The van der Waals surface area contributed by atoms with E-state index in [9.17, 15) is 9.59 Å². The molecule has 0 bridgehead atoms. The molecule has 2 aromatic carbocycles. The van der Waals surface area contributed by atoms with E-state index in [0.717, 1.165) is 11.2 Å². The summed E-state index contributed by atoms with van der Waals surface area (Å²) in [4.78, 5) is 28.2. The second kappa shape index (κ2) is 5.28. The van der Waals surface area contributed by atoms with E-state index < -0.39 is 0 Å². The third kappa shape index (κ3) is 2.51. The highest BCUT2D eigenvalue weighted by Gasteiger charge is 2.07. The van der Waals surface area contributed by atoms with Crippen LogP contribution >= 0.6 is 0 Å². The fourth-order valence-corrected chi connectivity index (χ4v) is 2.23. The Kier molecular flexibility index (Phi) is 3.30. The number of H-pyrrole nitrogens is 2. The lowest BCUT2D eigenvalue weighted by Gasteiger charge is -2.10. The largest absolute Gasteiger partial charge is 0.397 e. The van der Waals surface area contributed by atoms with E-state index in [4.69, 9.17) is 5.73 Å². The number of nitrogens with one attached hydrogen (secondary N) is 4. The number of hydrogen-bond acceptors (Lipinski definition) is 4. The van der Waals surface area contributed by atoms with Gasteiger partial charge in [-0.3, -0.25) is 4.79 Å². The van der Waals surface area contributed by atoms with Gasteiger partial charge in [-0.15, -0.1) is 0 Å². The van der Waals surface area contributed by atoms with E-state index in [1.807, 2.05) is 6.07 Å². The molecule has 1 amide bonds. The summed E-state index contributed by atoms with van der Waals surface area (Å²) in [6, 6.07) is 10.5. The number of carbonyl (C=O) groups excluding carboxylic acids is 1. The van der Waals surface area contributed by atoms with Crippen molar-refractivity contribution in [1.29, 1.82) is 0 Å². The fourth-order valence-electron chi connectivity index (χ4n) is 2.23. The Morgan fingerprint density at radius 2 is 1.86 bits per heavy atom. The Morgan fingerprint density at radius 3 is 2.59 bits per heavy atom. The number of amides is 1. The average molecular weight is 297 g/mol. The maximum Gasteiger partial charge on any atom is 0.323 e. The average Bonchev–Trinajstić information content (AvgIpc) is 2.87. The number of benzene rings is 2. The maximum atomic E-state index is 11.6. The zero-order valence-electron chi connectivity index (χ0n) is 11.9. The lowest BCUT2D eigenvalue weighted by molar-refractivity contribution is 0.0963. The lowest BCUT2D eigenvalue weighted by atomic mass is 10.1. The van der Waals surface area contributed by atoms with Crippen molar-refractivity contribution < 1.29 is 4.79 Å². The zero-order chi connectivity index (χ0) is 15.7. The van der Waals surface area contributed by atoms with Gasteiger partial charge in [0.25, 0.3) is 5.91 Å². The van der Waals surface area contributed by atoms with Gasteiger partial charge >= 0.3 is 5.69 Å². The van der Waals surface area contributed by atoms with E-state index in [2.05, 4.69) is 20.6 Å². The molecule has 0 saturated heterocycles. The second-order valence-electron chi connectivity index (χ2n) is 4.85. The quantitative estimate of drug-likeness (QED) is 0.471. The molecule has 112 valence electrons. The van der Waals surface area contributed by atoms with Gasteiger partial charge in [0.2, 0.25) is 0 Å². The highest BCUT2D eigenvalue weighted by Crippen LogP contribution is 2.25. The number of nitrogen functional groups attached to an aromatic ring is 1. The fraction of sp³-hybridized carbons (Fsp3) is 0.0667. The van der Waals surface area contributed by atoms with Gasteiger partial charge in [-0.05, 0) is 36.4 Å². The summed E-state index contributed by atoms with van der Waals surface area (Å²) in [5.41, 5.74) is 9.59. The first-order valence-electron chi connectivity index (χ1n) is 6.67. The molecule has 0 aliphatic heterocycles. The lowest BCUT2D eigenvalue weighted by Crippen LogP contribution is -2.17. The molecule has 3 aromatic rings. The van der Waals surface area contributed by atoms with E-state index in [-0.39, 0.29) is 11.6 Å². The Bertz CT molecular complexity index is 910. The summed E-state index contributed by atoms with van der Waals surface area (Å²) in [5, 5.41) is 5.71. The Hall–Kier alpha value is -3.22. The third-order valence-electron chi connectivity index (χ3n) is 3.34. The number of fused-ring (bicyclic) bond motifs is 1. The molecule has 0 saturated carbocycles. The van der Waals surface area contributed by atoms with Crippen molar-refractivity contribution in [3.63, 3.8) is 0 Å². The zero-order valence-corrected chi connectivity index (χ0v) is 11.9. The van der Waals surface area contributed by atoms with Gasteiger partial charge in [0.05, 0.1) is 22.4 Å². The van der Waals surface area contributed by atoms with Gasteiger partial charge < -0.3 is 26.3 Å². The standard InChI is InChI=1S/C15H15N5O2/c1-17-14(21)8-2-4-11(10(16)6-8)18-9-3-5-12-13(7-9)20-15(22)19-12/h2-7,18H,16H2,1H3,(H,17,21)(H2,19,20,22). The van der Waals surface area contributed by atoms with Crippen molar-refractivity contribution in [2.75, 3.05) is 18.1 Å². The number of aromatic nitrogens is 2. The Morgan fingerprint density at radius 1 is 1.09 bits per heavy atom. The molecule has 6 N–H and O–H groups in total. The molecule has 0 fully saturated rings. The van der Waals surface area contributed by atoms with Crippen molar-refractivity contribution in [2.45, 2.75) is 0 Å². The smallest absolute Gasteiger partial charge is 0.323 e. The monoisotopic (exact) mass is 297 g/mol. The SMILES string of the molecule is CNC(=O)c1ccc(Nc2ccc3[nH]c(=O)[nH]c3c2)c(N)c1. The number of aromatic amines is 2. The molecule has 0 aliphatic carbocycles. The number of imidazole rings is 1. The molecule has 0 spiro atoms. The molecule has 0 radical (unpaired) electrons. The van der Waals surface area contributed by atoms with Crippen LogP contribution in [0, 0.1) is 0 Å². The van der Waals surface area contributed by atoms with E-state index in [1.54, 1.807) is 37.4 Å². The van der Waals surface area contributed by atoms with Crippen LogP contribution in [0.3, 0.4) is 0 Å². The minimum atomic E-state index is -0.249. The maximum absolute atomic E-state index is 11.6. The highest BCUT2D eigenvalue weighted by molar-refractivity contribution is 5.96. The molecule has 7 heteroatoms. The molecule has 22 heavy (non-hydrogen) atoms. The predicted molar refractivity (Wildman–Crippen MR) is 86.4 cm³/mol. The molecule has 7 nitrogen and oxygen atoms in total. The molecule has 0 atom stereocenters. The van der Waals surface area contributed by atoms with Crippen LogP contribution in [-0.4, -0.2) is 22.9 Å². The van der Waals surface area contributed by atoms with E-state index in [0.29, 0.717) is 22.5 Å². The predicted octanol–water partition coefficient (Wildman–Crippen LogP) is 1.54. The van der Waals surface area contributed by atoms with Gasteiger partial charge in [0, 0.05) is 18.3 Å². The van der Waals surface area contributed by atoms with Crippen LogP contribution in [0.4, 0.5) is 17.1 Å². The summed E-state index contributed by atoms with van der Waals surface area (Å²) in [6.45, 7) is 0. The summed E-state index contributed by atoms with van der Waals surface area (Å²) in [5.74, 6) is -0.190. The first-order chi connectivity index (χ1) is 10.6. The summed E-state index contributed by atoms with van der Waals surface area (Å²) < 4.78 is 0. The van der Waals surface area contributed by atoms with Crippen LogP contribution in [0.1, 0.15) is 10.4 Å². The molecule has 3 rings (SSSR count). The normalized spacial score (nSPS) is 10.6. The van der Waals surface area contributed by atoms with Crippen LogP contribution < -0.4 is 22.1 Å². The van der Waals surface area contributed by atoms with Gasteiger partial charge in [0.1, 0.15) is 0 Å². The Balaban J connectivity index is 1.90. The third-order valence-corrected chi connectivity index (χ3v) is 3.34. The first-order valence-corrected chi connectivity index (χ1v) is 6.67. The molecular formula is C15H15N5O2. The van der Waals surface area contributed by atoms with Crippen molar-refractivity contribution in [3.8, 4) is 0 Å². The topological polar surface area (TPSA) is 116 Å². The summed E-state index contributed by atoms with van der Waals surface area (Å²) in [6.07, 6.45) is 0. The number of carbonyl (C=O) groups is 1. The molecule has 1 heterocycles. The van der Waals surface area contributed by atoms with Gasteiger partial charge in [-0.1, -0.05) is 0 Å². The number of anilines is 3. The number of nitrogens with two attached hydrogens (primary N) is 1. The summed E-state index contributed by atoms with van der Waals surface area (Å²) in [7, 11) is 1.57. The first kappa shape index (κ1) is 13.7. The van der Waals surface area contributed by atoms with Crippen LogP contribution in [0.25, 0.3) is 11.0 Å². The summed E-state index contributed by atoms with van der Waals surface area (Å²) >= 11 is 0. The molecule has 1 aromatic heterocycles. The van der Waals surface area contributed by atoms with E-state index >= 15 is 0 Å². The van der Waals surface area contributed by atoms with Crippen molar-refractivity contribution in [3.05, 3.63) is 52.4 Å². The van der Waals surface area contributed by atoms with Gasteiger partial charge in [-0.2, -0.15) is 0 Å². The van der Waals surface area contributed by atoms with Crippen molar-refractivity contribution in [1.82, 2.24) is 15.3 Å². The van der Waals surface area contributed by atoms with Crippen LogP contribution in [-0.2, 0) is 0 Å². The second-order valence-corrected chi connectivity index (χ2v) is 4.85. The molecule has 0 aliphatic rings. The van der Waals surface area contributed by atoms with E-state index in [1.165, 1.54) is 0 Å². The van der Waals surface area contributed by atoms with Crippen molar-refractivity contribution in [2.24, 2.45) is 0 Å². The Labute approximate surface area is 125 Å². The van der Waals surface area contributed by atoms with Gasteiger partial charge in [-0.25, -0.2) is 4.79 Å². The molecular weight excluding hydrogens is 282 g/mol. The number of rotatable bonds is 3. The van der Waals surface area contributed by atoms with Crippen molar-refractivity contribution >= 4 is 34.0 Å². The minimum absolute atomic E-state index is 0.190. The van der Waals surface area contributed by atoms with Gasteiger partial charge in [0.15, 0.2) is 0 Å². The molecule has 0 unspecified atom stereocenters. The minimum Gasteiger partial charge on any atom is -0.397 e. The van der Waals surface area contributed by atoms with Crippen LogP contribution in [0.2, 0.25) is 0 Å². The van der Waals surface area contributed by atoms with Crippen LogP contribution in [0.5, 0.6) is 0 Å². The number of hydrogen-bond donors (Lipinski definition) is 5. The van der Waals surface area contributed by atoms with Crippen LogP contribution in [0.15, 0.2) is 41.2 Å².